The van der Waals surface area contributed by atoms with Crippen LogP contribution in [0.1, 0.15) is 34.1 Å². The molecule has 0 aromatic rings. The van der Waals surface area contributed by atoms with Crippen LogP contribution in [0.25, 0.3) is 0 Å². The van der Waals surface area contributed by atoms with E-state index in [9.17, 15) is 8.42 Å². The maximum atomic E-state index is 11.0. The van der Waals surface area contributed by atoms with Crippen LogP contribution < -0.4 is 10.6 Å². The first-order chi connectivity index (χ1) is 11.2. The zero-order chi connectivity index (χ0) is 18.6. The van der Waals surface area contributed by atoms with E-state index in [2.05, 4.69) is 48.2 Å². The molecule has 0 saturated carbocycles. The quantitative estimate of drug-likeness (QED) is 0.185. The van der Waals surface area contributed by atoms with Crippen LogP contribution in [0.3, 0.4) is 0 Å². The zero-order valence-corrected chi connectivity index (χ0v) is 19.7. The maximum absolute atomic E-state index is 11.0. The smallest absolute Gasteiger partial charge is 0.191 e. The second kappa shape index (κ2) is 15.0. The van der Waals surface area contributed by atoms with Crippen molar-refractivity contribution in [2.75, 3.05) is 51.9 Å². The second-order valence-electron chi connectivity index (χ2n) is 6.45. The first kappa shape index (κ1) is 27.1. The lowest BCUT2D eigenvalue weighted by atomic mass is 10.2. The number of hydrogen-bond donors (Lipinski definition) is 2. The number of aliphatic imine (C=N–C) groups is 1. The summed E-state index contributed by atoms with van der Waals surface area (Å²) < 4.78 is 27.2. The lowest BCUT2D eigenvalue weighted by Gasteiger charge is -2.30. The number of ether oxygens (including phenoxy) is 1. The second-order valence-corrected chi connectivity index (χ2v) is 8.71. The molecule has 0 saturated heterocycles. The summed E-state index contributed by atoms with van der Waals surface area (Å²) in [7, 11) is -1.22. The Hall–Kier alpha value is -0.130. The molecule has 0 aromatic heterocycles. The SMILES string of the molecule is CN=C(NCCCN(C(C)C)C(C)C)NCCOCCS(C)(=O)=O.I. The van der Waals surface area contributed by atoms with E-state index in [1.165, 1.54) is 6.26 Å². The van der Waals surface area contributed by atoms with Crippen LogP contribution in [0, 0.1) is 0 Å². The van der Waals surface area contributed by atoms with Gasteiger partial charge in [-0.15, -0.1) is 24.0 Å². The van der Waals surface area contributed by atoms with Gasteiger partial charge in [-0.25, -0.2) is 8.42 Å². The average molecular weight is 492 g/mol. The van der Waals surface area contributed by atoms with Crippen LogP contribution in [0.5, 0.6) is 0 Å². The highest BCUT2D eigenvalue weighted by molar-refractivity contribution is 14.0. The van der Waals surface area contributed by atoms with Crippen LogP contribution in [-0.4, -0.2) is 83.3 Å². The highest BCUT2D eigenvalue weighted by atomic mass is 127. The van der Waals surface area contributed by atoms with Gasteiger partial charge in [0.05, 0.1) is 19.0 Å². The van der Waals surface area contributed by atoms with E-state index >= 15 is 0 Å². The molecule has 0 amide bonds. The van der Waals surface area contributed by atoms with Gasteiger partial charge in [0.2, 0.25) is 0 Å². The molecule has 0 atom stereocenters. The Kier molecular flexibility index (Phi) is 16.2. The van der Waals surface area contributed by atoms with Gasteiger partial charge in [-0.05, 0) is 34.1 Å². The first-order valence-electron chi connectivity index (χ1n) is 8.63. The van der Waals surface area contributed by atoms with Gasteiger partial charge in [-0.1, -0.05) is 0 Å². The fraction of sp³-hybridized carbons (Fsp3) is 0.938. The predicted octanol–water partition coefficient (Wildman–Crippen LogP) is 1.34. The molecule has 0 aliphatic carbocycles. The summed E-state index contributed by atoms with van der Waals surface area (Å²) in [6, 6.07) is 1.10. The van der Waals surface area contributed by atoms with E-state index in [-0.39, 0.29) is 36.3 Å². The molecule has 7 nitrogen and oxygen atoms in total. The van der Waals surface area contributed by atoms with Gasteiger partial charge >= 0.3 is 0 Å². The Morgan fingerprint density at radius 3 is 2.12 bits per heavy atom. The van der Waals surface area contributed by atoms with Gasteiger partial charge in [0.15, 0.2) is 5.96 Å². The molecule has 0 aliphatic heterocycles. The highest BCUT2D eigenvalue weighted by Gasteiger charge is 2.12. The average Bonchev–Trinajstić information content (AvgIpc) is 2.46. The van der Waals surface area contributed by atoms with Crippen LogP contribution in [-0.2, 0) is 14.6 Å². The van der Waals surface area contributed by atoms with Crippen molar-refractivity contribution in [3.05, 3.63) is 0 Å². The minimum absolute atomic E-state index is 0. The van der Waals surface area contributed by atoms with Crippen molar-refractivity contribution in [2.24, 2.45) is 4.99 Å². The lowest BCUT2D eigenvalue weighted by Crippen LogP contribution is -2.42. The number of rotatable bonds is 12. The molecule has 0 spiro atoms. The standard InChI is InChI=1S/C16H36N4O3S.HI/c1-14(2)20(15(3)4)10-7-8-18-16(17-5)19-9-11-23-12-13-24(6,21)22;/h14-15H,7-13H2,1-6H3,(H2,17,18,19);1H. The highest BCUT2D eigenvalue weighted by Crippen LogP contribution is 2.05. The summed E-state index contributed by atoms with van der Waals surface area (Å²) in [6.07, 6.45) is 2.25. The van der Waals surface area contributed by atoms with Gasteiger partial charge in [-0.2, -0.15) is 0 Å². The zero-order valence-electron chi connectivity index (χ0n) is 16.5. The van der Waals surface area contributed by atoms with Crippen LogP contribution in [0.15, 0.2) is 4.99 Å². The van der Waals surface area contributed by atoms with E-state index < -0.39 is 9.84 Å². The van der Waals surface area contributed by atoms with Crippen molar-refractivity contribution in [2.45, 2.75) is 46.2 Å². The Balaban J connectivity index is 0. The molecule has 0 radical (unpaired) electrons. The summed E-state index contributed by atoms with van der Waals surface area (Å²) in [5.41, 5.74) is 0. The number of halogens is 1. The topological polar surface area (TPSA) is 83.0 Å². The summed E-state index contributed by atoms with van der Waals surface area (Å²) in [5, 5.41) is 6.43. The van der Waals surface area contributed by atoms with Gasteiger partial charge in [0.1, 0.15) is 9.84 Å². The summed E-state index contributed by atoms with van der Waals surface area (Å²) in [4.78, 5) is 6.63. The largest absolute Gasteiger partial charge is 0.379 e. The summed E-state index contributed by atoms with van der Waals surface area (Å²) in [6.45, 7) is 12.0. The fourth-order valence-corrected chi connectivity index (χ4v) is 2.78. The van der Waals surface area contributed by atoms with Crippen LogP contribution >= 0.6 is 24.0 Å². The monoisotopic (exact) mass is 492 g/mol. The van der Waals surface area contributed by atoms with E-state index in [0.29, 0.717) is 25.2 Å². The van der Waals surface area contributed by atoms with Gasteiger partial charge in [0.25, 0.3) is 0 Å². The third kappa shape index (κ3) is 15.8. The van der Waals surface area contributed by atoms with Gasteiger partial charge < -0.3 is 15.4 Å². The molecule has 0 fully saturated rings. The molecule has 152 valence electrons. The Morgan fingerprint density at radius 1 is 1.08 bits per heavy atom. The Labute approximate surface area is 171 Å². The third-order valence-electron chi connectivity index (χ3n) is 3.57. The first-order valence-corrected chi connectivity index (χ1v) is 10.7. The molecule has 0 bridgehead atoms. The molecule has 0 aliphatic rings. The molecule has 0 rings (SSSR count). The Bertz CT molecular complexity index is 448. The number of hydrogen-bond acceptors (Lipinski definition) is 5. The normalized spacial score (nSPS) is 12.6. The van der Waals surface area contributed by atoms with Crippen molar-refractivity contribution in [1.82, 2.24) is 15.5 Å². The van der Waals surface area contributed by atoms with E-state index in [4.69, 9.17) is 4.74 Å². The van der Waals surface area contributed by atoms with Crippen LogP contribution in [0.4, 0.5) is 0 Å². The van der Waals surface area contributed by atoms with Crippen molar-refractivity contribution < 1.29 is 13.2 Å². The maximum Gasteiger partial charge on any atom is 0.191 e. The molecule has 25 heavy (non-hydrogen) atoms. The van der Waals surface area contributed by atoms with E-state index in [1.54, 1.807) is 7.05 Å². The Morgan fingerprint density at radius 2 is 1.64 bits per heavy atom. The summed E-state index contributed by atoms with van der Waals surface area (Å²) >= 11 is 0. The molecule has 9 heteroatoms. The van der Waals surface area contributed by atoms with Gasteiger partial charge in [-0.3, -0.25) is 9.89 Å². The molecular weight excluding hydrogens is 455 g/mol. The number of guanidine groups is 1. The molecule has 0 heterocycles. The number of nitrogens with one attached hydrogen (secondary N) is 2. The van der Waals surface area contributed by atoms with Crippen molar-refractivity contribution in [3.63, 3.8) is 0 Å². The number of nitrogens with zero attached hydrogens (tertiary/aromatic N) is 2. The van der Waals surface area contributed by atoms with Gasteiger partial charge in [0, 0.05) is 45.0 Å². The molecule has 2 N–H and O–H groups in total. The minimum atomic E-state index is -2.95. The number of sulfone groups is 1. The van der Waals surface area contributed by atoms with Crippen molar-refractivity contribution in [1.29, 1.82) is 0 Å². The molecular formula is C16H37IN4O3S. The van der Waals surface area contributed by atoms with E-state index in [0.717, 1.165) is 25.5 Å². The van der Waals surface area contributed by atoms with Crippen molar-refractivity contribution in [3.8, 4) is 0 Å². The summed E-state index contributed by atoms with van der Waals surface area (Å²) in [5.74, 6) is 0.796. The fourth-order valence-electron chi connectivity index (χ4n) is 2.36. The molecule has 0 unspecified atom stereocenters. The van der Waals surface area contributed by atoms with Crippen molar-refractivity contribution >= 4 is 39.8 Å². The predicted molar refractivity (Wildman–Crippen MR) is 117 cm³/mol. The lowest BCUT2D eigenvalue weighted by molar-refractivity contribution is 0.154. The minimum Gasteiger partial charge on any atom is -0.379 e. The van der Waals surface area contributed by atoms with Crippen LogP contribution in [0.2, 0.25) is 0 Å². The third-order valence-corrected chi connectivity index (χ3v) is 4.48. The molecule has 0 aromatic carbocycles. The van der Waals surface area contributed by atoms with E-state index in [1.807, 2.05) is 0 Å².